The van der Waals surface area contributed by atoms with Gasteiger partial charge in [-0.05, 0) is 47.3 Å². The normalized spacial score (nSPS) is 11.4. The van der Waals surface area contributed by atoms with Crippen LogP contribution in [-0.4, -0.2) is 66.7 Å². The van der Waals surface area contributed by atoms with Crippen molar-refractivity contribution in [1.82, 2.24) is 15.1 Å². The topological polar surface area (TPSA) is 72.9 Å². The van der Waals surface area contributed by atoms with E-state index in [2.05, 4.69) is 10.2 Å². The second-order valence-corrected chi connectivity index (χ2v) is 5.17. The average molecular weight is 259 g/mol. The average Bonchev–Trinajstić information content (AvgIpc) is 2.26. The van der Waals surface area contributed by atoms with Gasteiger partial charge in [-0.1, -0.05) is 0 Å². The molecule has 2 amide bonds. The molecule has 106 valence electrons. The van der Waals surface area contributed by atoms with E-state index in [-0.39, 0.29) is 6.03 Å². The van der Waals surface area contributed by atoms with Crippen molar-refractivity contribution in [3.63, 3.8) is 0 Å². The van der Waals surface area contributed by atoms with E-state index >= 15 is 0 Å². The van der Waals surface area contributed by atoms with Gasteiger partial charge in [-0.2, -0.15) is 0 Å². The molecule has 0 aliphatic rings. The first-order valence-corrected chi connectivity index (χ1v) is 6.09. The lowest BCUT2D eigenvalue weighted by Gasteiger charge is -2.31. The molecule has 0 saturated heterocycles. The van der Waals surface area contributed by atoms with Crippen LogP contribution in [-0.2, 0) is 4.79 Å². The van der Waals surface area contributed by atoms with Crippen LogP contribution in [0.15, 0.2) is 0 Å². The maximum Gasteiger partial charge on any atom is 0.329 e. The minimum absolute atomic E-state index is 0.354. The minimum atomic E-state index is -1.20. The van der Waals surface area contributed by atoms with E-state index in [4.69, 9.17) is 5.11 Å². The number of carboxylic acids is 1. The van der Waals surface area contributed by atoms with E-state index in [1.54, 1.807) is 0 Å². The summed E-state index contributed by atoms with van der Waals surface area (Å²) in [7, 11) is 5.49. The van der Waals surface area contributed by atoms with Gasteiger partial charge in [0.1, 0.15) is 5.54 Å². The highest BCUT2D eigenvalue weighted by atomic mass is 16.4. The molecular formula is C12H25N3O3. The molecule has 0 bridgehead atoms. The molecule has 0 aromatic carbocycles. The Hall–Kier alpha value is -1.30. The van der Waals surface area contributed by atoms with E-state index in [0.717, 1.165) is 19.4 Å². The monoisotopic (exact) mass is 259 g/mol. The van der Waals surface area contributed by atoms with Crippen LogP contribution >= 0.6 is 0 Å². The molecule has 18 heavy (non-hydrogen) atoms. The highest BCUT2D eigenvalue weighted by Crippen LogP contribution is 2.12. The van der Waals surface area contributed by atoms with Gasteiger partial charge in [0.2, 0.25) is 0 Å². The molecule has 0 fully saturated rings. The summed E-state index contributed by atoms with van der Waals surface area (Å²) in [5.41, 5.74) is -1.20. The first kappa shape index (κ1) is 16.7. The fraction of sp³-hybridized carbons (Fsp3) is 0.833. The highest BCUT2D eigenvalue weighted by Gasteiger charge is 2.34. The SMILES string of the molecule is CN(C)CCCCNC(=O)N(C)C(C)(C)C(=O)O. The largest absolute Gasteiger partial charge is 0.480 e. The van der Waals surface area contributed by atoms with Crippen molar-refractivity contribution in [3.8, 4) is 0 Å². The smallest absolute Gasteiger partial charge is 0.329 e. The number of nitrogens with one attached hydrogen (secondary N) is 1. The summed E-state index contributed by atoms with van der Waals surface area (Å²) in [6, 6.07) is -0.354. The van der Waals surface area contributed by atoms with Gasteiger partial charge in [-0.15, -0.1) is 0 Å². The molecule has 0 spiro atoms. The Balaban J connectivity index is 3.99. The number of carbonyl (C=O) groups is 2. The Morgan fingerprint density at radius 3 is 2.17 bits per heavy atom. The summed E-state index contributed by atoms with van der Waals surface area (Å²) in [6.45, 7) is 4.54. The standard InChI is InChI=1S/C12H25N3O3/c1-12(2,10(16)17)15(5)11(18)13-8-6-7-9-14(3)4/h6-9H2,1-5H3,(H,13,18)(H,16,17). The van der Waals surface area contributed by atoms with Crippen molar-refractivity contribution in [2.45, 2.75) is 32.2 Å². The van der Waals surface area contributed by atoms with Crippen LogP contribution in [0.2, 0.25) is 0 Å². The quantitative estimate of drug-likeness (QED) is 0.664. The Morgan fingerprint density at radius 2 is 1.72 bits per heavy atom. The first-order chi connectivity index (χ1) is 8.19. The van der Waals surface area contributed by atoms with Crippen LogP contribution in [0.3, 0.4) is 0 Å². The number of hydrogen-bond acceptors (Lipinski definition) is 3. The van der Waals surface area contributed by atoms with Crippen molar-refractivity contribution in [1.29, 1.82) is 0 Å². The lowest BCUT2D eigenvalue weighted by atomic mass is 10.1. The molecular weight excluding hydrogens is 234 g/mol. The molecule has 0 aliphatic carbocycles. The van der Waals surface area contributed by atoms with Gasteiger partial charge in [-0.25, -0.2) is 9.59 Å². The van der Waals surface area contributed by atoms with Crippen LogP contribution in [0.1, 0.15) is 26.7 Å². The van der Waals surface area contributed by atoms with Gasteiger partial charge in [0, 0.05) is 13.6 Å². The second-order valence-electron chi connectivity index (χ2n) is 5.17. The van der Waals surface area contributed by atoms with Gasteiger partial charge < -0.3 is 20.2 Å². The third-order valence-corrected chi connectivity index (χ3v) is 2.97. The molecule has 0 aromatic heterocycles. The summed E-state index contributed by atoms with van der Waals surface area (Å²) in [5, 5.41) is 11.7. The Morgan fingerprint density at radius 1 is 1.17 bits per heavy atom. The molecule has 0 unspecified atom stereocenters. The van der Waals surface area contributed by atoms with E-state index < -0.39 is 11.5 Å². The third-order valence-electron chi connectivity index (χ3n) is 2.97. The molecule has 0 rings (SSSR count). The predicted octanol–water partition coefficient (Wildman–Crippen LogP) is 0.833. The Kier molecular flexibility index (Phi) is 6.68. The first-order valence-electron chi connectivity index (χ1n) is 6.09. The van der Waals surface area contributed by atoms with E-state index in [1.165, 1.54) is 25.8 Å². The number of amides is 2. The number of carbonyl (C=O) groups excluding carboxylic acids is 1. The number of carboxylic acid groups (broad SMARTS) is 1. The molecule has 0 atom stereocenters. The zero-order valence-electron chi connectivity index (χ0n) is 12.0. The number of hydrogen-bond donors (Lipinski definition) is 2. The Bertz CT molecular complexity index is 290. The van der Waals surface area contributed by atoms with Crippen molar-refractivity contribution in [3.05, 3.63) is 0 Å². The number of nitrogens with zero attached hydrogens (tertiary/aromatic N) is 2. The number of urea groups is 1. The van der Waals surface area contributed by atoms with E-state index in [9.17, 15) is 9.59 Å². The van der Waals surface area contributed by atoms with Crippen LogP contribution in [0.4, 0.5) is 4.79 Å². The molecule has 6 heteroatoms. The summed E-state index contributed by atoms with van der Waals surface area (Å²) in [6.07, 6.45) is 1.88. The molecule has 2 N–H and O–H groups in total. The zero-order chi connectivity index (χ0) is 14.3. The molecule has 0 heterocycles. The van der Waals surface area contributed by atoms with Gasteiger partial charge in [0.05, 0.1) is 0 Å². The summed E-state index contributed by atoms with van der Waals surface area (Å²) in [4.78, 5) is 26.0. The van der Waals surface area contributed by atoms with Gasteiger partial charge in [0.15, 0.2) is 0 Å². The number of rotatable bonds is 7. The van der Waals surface area contributed by atoms with E-state index in [1.807, 2.05) is 14.1 Å². The van der Waals surface area contributed by atoms with E-state index in [0.29, 0.717) is 6.54 Å². The predicted molar refractivity (Wildman–Crippen MR) is 70.7 cm³/mol. The minimum Gasteiger partial charge on any atom is -0.480 e. The van der Waals surface area contributed by atoms with Crippen molar-refractivity contribution in [2.75, 3.05) is 34.2 Å². The van der Waals surface area contributed by atoms with Crippen LogP contribution in [0.25, 0.3) is 0 Å². The summed E-state index contributed by atoms with van der Waals surface area (Å²) < 4.78 is 0. The summed E-state index contributed by atoms with van der Waals surface area (Å²) in [5.74, 6) is -1.02. The van der Waals surface area contributed by atoms with Gasteiger partial charge >= 0.3 is 12.0 Å². The number of unbranched alkanes of at least 4 members (excludes halogenated alkanes) is 1. The number of likely N-dealkylation sites (N-methyl/N-ethyl adjacent to an activating group) is 1. The third kappa shape index (κ3) is 5.35. The molecule has 0 aliphatic heterocycles. The molecule has 0 radical (unpaired) electrons. The van der Waals surface area contributed by atoms with Crippen LogP contribution in [0, 0.1) is 0 Å². The summed E-state index contributed by atoms with van der Waals surface area (Å²) >= 11 is 0. The highest BCUT2D eigenvalue weighted by molar-refractivity contribution is 5.85. The maximum absolute atomic E-state index is 11.7. The maximum atomic E-state index is 11.7. The lowest BCUT2D eigenvalue weighted by molar-refractivity contribution is -0.146. The van der Waals surface area contributed by atoms with Gasteiger partial charge in [-0.3, -0.25) is 0 Å². The van der Waals surface area contributed by atoms with Crippen LogP contribution < -0.4 is 5.32 Å². The molecule has 0 aromatic rings. The fourth-order valence-electron chi connectivity index (χ4n) is 1.26. The van der Waals surface area contributed by atoms with Crippen LogP contribution in [0.5, 0.6) is 0 Å². The Labute approximate surface area is 109 Å². The fourth-order valence-corrected chi connectivity index (χ4v) is 1.26. The molecule has 6 nitrogen and oxygen atoms in total. The van der Waals surface area contributed by atoms with Crippen molar-refractivity contribution >= 4 is 12.0 Å². The molecule has 0 saturated carbocycles. The zero-order valence-corrected chi connectivity index (χ0v) is 12.0. The number of aliphatic carboxylic acids is 1. The van der Waals surface area contributed by atoms with Crippen molar-refractivity contribution in [2.24, 2.45) is 0 Å². The second kappa shape index (κ2) is 7.20. The van der Waals surface area contributed by atoms with Crippen molar-refractivity contribution < 1.29 is 14.7 Å². The lowest BCUT2D eigenvalue weighted by Crippen LogP contribution is -2.54. The van der Waals surface area contributed by atoms with Gasteiger partial charge in [0.25, 0.3) is 0 Å².